The summed E-state index contributed by atoms with van der Waals surface area (Å²) in [7, 11) is 0. The third-order valence-electron chi connectivity index (χ3n) is 4.08. The van der Waals surface area contributed by atoms with Gasteiger partial charge in [-0.15, -0.1) is 0 Å². The minimum Gasteiger partial charge on any atom is -0.325 e. The number of hydrogen-bond acceptors (Lipinski definition) is 2. The van der Waals surface area contributed by atoms with E-state index in [0.717, 1.165) is 44.2 Å². The van der Waals surface area contributed by atoms with Crippen LogP contribution in [0.25, 0.3) is 0 Å². The Hall–Kier alpha value is -1.36. The molecule has 1 aromatic rings. The number of ketones is 1. The fourth-order valence-electron chi connectivity index (χ4n) is 2.93. The smallest absolute Gasteiger partial charge is 0.325 e. The number of carbonyl (C=O) groups is 1. The molecule has 0 unspecified atom stereocenters. The van der Waals surface area contributed by atoms with Crippen molar-refractivity contribution in [2.24, 2.45) is 5.73 Å². The van der Waals surface area contributed by atoms with Crippen molar-refractivity contribution in [2.45, 2.75) is 56.7 Å². The molecule has 0 radical (unpaired) electrons. The van der Waals surface area contributed by atoms with Gasteiger partial charge in [0.05, 0.1) is 5.56 Å². The maximum Gasteiger partial charge on any atom is 0.416 e. The van der Waals surface area contributed by atoms with Crippen molar-refractivity contribution in [2.75, 3.05) is 0 Å². The van der Waals surface area contributed by atoms with Gasteiger partial charge in [0, 0.05) is 18.4 Å². The highest BCUT2D eigenvalue weighted by Gasteiger charge is 2.31. The minimum absolute atomic E-state index is 0.000779. The molecule has 1 aromatic carbocycles. The van der Waals surface area contributed by atoms with Gasteiger partial charge in [0.1, 0.15) is 5.78 Å². The second-order valence-electron chi connectivity index (χ2n) is 6.01. The summed E-state index contributed by atoms with van der Waals surface area (Å²) >= 11 is 0. The number of Topliss-reactive ketones (excluding diaryl/α,β-unsaturated/α-hetero) is 1. The van der Waals surface area contributed by atoms with Crippen LogP contribution < -0.4 is 5.73 Å². The largest absolute Gasteiger partial charge is 0.416 e. The molecule has 1 fully saturated rings. The Bertz CT molecular complexity index is 487. The van der Waals surface area contributed by atoms with Crippen LogP contribution in [-0.4, -0.2) is 11.3 Å². The van der Waals surface area contributed by atoms with Gasteiger partial charge in [0.25, 0.3) is 0 Å². The first-order valence-corrected chi connectivity index (χ1v) is 7.25. The minimum atomic E-state index is -4.34. The van der Waals surface area contributed by atoms with Crippen molar-refractivity contribution in [1.82, 2.24) is 0 Å². The van der Waals surface area contributed by atoms with E-state index in [1.54, 1.807) is 0 Å². The number of hydrogen-bond donors (Lipinski definition) is 1. The first-order chi connectivity index (χ1) is 9.78. The van der Waals surface area contributed by atoms with Crippen LogP contribution in [0.15, 0.2) is 24.3 Å². The second-order valence-corrected chi connectivity index (χ2v) is 6.01. The van der Waals surface area contributed by atoms with E-state index in [-0.39, 0.29) is 12.2 Å². The predicted molar refractivity (Wildman–Crippen MR) is 74.8 cm³/mol. The van der Waals surface area contributed by atoms with E-state index in [2.05, 4.69) is 0 Å². The summed E-state index contributed by atoms with van der Waals surface area (Å²) in [6.45, 7) is 0. The summed E-state index contributed by atoms with van der Waals surface area (Å²) in [4.78, 5) is 12.1. The zero-order valence-corrected chi connectivity index (χ0v) is 11.9. The predicted octanol–water partition coefficient (Wildman–Crippen LogP) is 3.87. The number of benzene rings is 1. The van der Waals surface area contributed by atoms with E-state index in [1.165, 1.54) is 12.1 Å². The summed E-state index contributed by atoms with van der Waals surface area (Å²) in [5.41, 5.74) is 5.72. The Morgan fingerprint density at radius 3 is 2.19 bits per heavy atom. The maximum absolute atomic E-state index is 12.5. The molecule has 116 valence electrons. The third kappa shape index (κ3) is 4.56. The van der Waals surface area contributed by atoms with E-state index in [0.29, 0.717) is 12.0 Å². The van der Waals surface area contributed by atoms with Gasteiger partial charge in [0.15, 0.2) is 0 Å². The van der Waals surface area contributed by atoms with Crippen LogP contribution in [0.4, 0.5) is 13.2 Å². The summed E-state index contributed by atoms with van der Waals surface area (Å²) < 4.78 is 37.4. The molecule has 5 heteroatoms. The van der Waals surface area contributed by atoms with E-state index < -0.39 is 17.3 Å². The third-order valence-corrected chi connectivity index (χ3v) is 4.08. The molecule has 0 aliphatic heterocycles. The molecule has 0 amide bonds. The van der Waals surface area contributed by atoms with E-state index in [9.17, 15) is 18.0 Å². The summed E-state index contributed by atoms with van der Waals surface area (Å²) in [6, 6.07) is 4.76. The Morgan fingerprint density at radius 2 is 1.67 bits per heavy atom. The topological polar surface area (TPSA) is 43.1 Å². The van der Waals surface area contributed by atoms with Gasteiger partial charge in [-0.2, -0.15) is 13.2 Å². The number of nitrogens with two attached hydrogens (primary N) is 1. The molecule has 0 atom stereocenters. The Labute approximate surface area is 122 Å². The molecule has 1 aliphatic rings. The fourth-order valence-corrected chi connectivity index (χ4v) is 2.93. The number of carbonyl (C=O) groups excluding carboxylic acids is 1. The van der Waals surface area contributed by atoms with E-state index in [1.807, 2.05) is 0 Å². The zero-order chi connectivity index (χ0) is 15.5. The van der Waals surface area contributed by atoms with Crippen molar-refractivity contribution in [3.63, 3.8) is 0 Å². The van der Waals surface area contributed by atoms with Crippen molar-refractivity contribution in [3.05, 3.63) is 35.4 Å². The van der Waals surface area contributed by atoms with Gasteiger partial charge in [-0.3, -0.25) is 4.79 Å². The van der Waals surface area contributed by atoms with Crippen LogP contribution in [0.5, 0.6) is 0 Å². The molecule has 2 nitrogen and oxygen atoms in total. The molecule has 2 N–H and O–H groups in total. The van der Waals surface area contributed by atoms with Gasteiger partial charge < -0.3 is 5.73 Å². The van der Waals surface area contributed by atoms with Gasteiger partial charge in [0.2, 0.25) is 0 Å². The molecule has 2 rings (SSSR count). The van der Waals surface area contributed by atoms with Crippen LogP contribution in [-0.2, 0) is 17.4 Å². The average Bonchev–Trinajstić information content (AvgIpc) is 2.38. The van der Waals surface area contributed by atoms with E-state index in [4.69, 9.17) is 5.73 Å². The SMILES string of the molecule is NC1(CC(=O)Cc2ccc(C(F)(F)F)cc2)CCCCC1. The second kappa shape index (κ2) is 6.18. The molecule has 0 heterocycles. The molecule has 1 saturated carbocycles. The zero-order valence-electron chi connectivity index (χ0n) is 11.9. The quantitative estimate of drug-likeness (QED) is 0.917. The van der Waals surface area contributed by atoms with Crippen LogP contribution in [0.2, 0.25) is 0 Å². The monoisotopic (exact) mass is 299 g/mol. The molecular formula is C16H20F3NO. The van der Waals surface area contributed by atoms with Gasteiger partial charge in [-0.05, 0) is 30.5 Å². The van der Waals surface area contributed by atoms with Crippen LogP contribution in [0, 0.1) is 0 Å². The molecule has 21 heavy (non-hydrogen) atoms. The van der Waals surface area contributed by atoms with Crippen LogP contribution >= 0.6 is 0 Å². The lowest BCUT2D eigenvalue weighted by atomic mass is 9.78. The van der Waals surface area contributed by atoms with Crippen molar-refractivity contribution in [1.29, 1.82) is 0 Å². The van der Waals surface area contributed by atoms with Gasteiger partial charge in [-0.25, -0.2) is 0 Å². The van der Waals surface area contributed by atoms with Gasteiger partial charge >= 0.3 is 6.18 Å². The Balaban J connectivity index is 1.93. The van der Waals surface area contributed by atoms with Crippen molar-refractivity contribution >= 4 is 5.78 Å². The lowest BCUT2D eigenvalue weighted by molar-refractivity contribution is -0.137. The molecule has 0 aromatic heterocycles. The number of rotatable bonds is 4. The highest BCUT2D eigenvalue weighted by atomic mass is 19.4. The molecule has 0 saturated heterocycles. The number of alkyl halides is 3. The van der Waals surface area contributed by atoms with E-state index >= 15 is 0 Å². The first-order valence-electron chi connectivity index (χ1n) is 7.25. The van der Waals surface area contributed by atoms with Crippen molar-refractivity contribution in [3.8, 4) is 0 Å². The first kappa shape index (κ1) is 16.0. The average molecular weight is 299 g/mol. The standard InChI is InChI=1S/C16H20F3NO/c17-16(18,19)13-6-4-12(5-7-13)10-14(21)11-15(20)8-2-1-3-9-15/h4-7H,1-3,8-11,20H2. The fraction of sp³-hybridized carbons (Fsp3) is 0.562. The Kier molecular flexibility index (Phi) is 4.71. The van der Waals surface area contributed by atoms with Crippen molar-refractivity contribution < 1.29 is 18.0 Å². The van der Waals surface area contributed by atoms with Crippen LogP contribution in [0.1, 0.15) is 49.7 Å². The summed E-state index contributed by atoms with van der Waals surface area (Å²) in [5.74, 6) is -0.000779. The normalized spacial score (nSPS) is 18.5. The summed E-state index contributed by atoms with van der Waals surface area (Å²) in [5, 5.41) is 0. The molecule has 0 spiro atoms. The maximum atomic E-state index is 12.5. The molecule has 1 aliphatic carbocycles. The highest BCUT2D eigenvalue weighted by Crippen LogP contribution is 2.30. The Morgan fingerprint density at radius 1 is 1.10 bits per heavy atom. The lowest BCUT2D eigenvalue weighted by Crippen LogP contribution is -2.43. The van der Waals surface area contributed by atoms with Gasteiger partial charge in [-0.1, -0.05) is 31.4 Å². The number of halogens is 3. The molecule has 0 bridgehead atoms. The molecular weight excluding hydrogens is 279 g/mol. The highest BCUT2D eigenvalue weighted by molar-refractivity contribution is 5.82. The summed E-state index contributed by atoms with van der Waals surface area (Å²) in [6.07, 6.45) is 1.08. The lowest BCUT2D eigenvalue weighted by Gasteiger charge is -2.32. The van der Waals surface area contributed by atoms with Crippen LogP contribution in [0.3, 0.4) is 0 Å².